The fourth-order valence-electron chi connectivity index (χ4n) is 7.30. The first-order valence-electron chi connectivity index (χ1n) is 19.9. The van der Waals surface area contributed by atoms with Gasteiger partial charge in [0.15, 0.2) is 23.3 Å². The van der Waals surface area contributed by atoms with E-state index in [2.05, 4.69) is 109 Å². The first-order valence-corrected chi connectivity index (χ1v) is 19.9. The van der Waals surface area contributed by atoms with Crippen molar-refractivity contribution in [1.82, 2.24) is 29.9 Å². The third-order valence-corrected chi connectivity index (χ3v) is 10.4. The second-order valence-corrected chi connectivity index (χ2v) is 14.4. The number of nitrogens with zero attached hydrogens (tertiary/aromatic N) is 6. The van der Waals surface area contributed by atoms with Gasteiger partial charge in [0.1, 0.15) is 0 Å². The van der Waals surface area contributed by atoms with Crippen molar-refractivity contribution in [2.75, 3.05) is 0 Å². The molecule has 7 aromatic carbocycles. The molecule has 10 aromatic rings. The summed E-state index contributed by atoms with van der Waals surface area (Å²) in [7, 11) is 0. The maximum Gasteiger partial charge on any atom is 0.164 e. The Kier molecular flexibility index (Phi) is 9.84. The molecule has 6 nitrogen and oxygen atoms in total. The molecule has 0 aliphatic carbocycles. The molecule has 10 rings (SSSR count). The predicted octanol–water partition coefficient (Wildman–Crippen LogP) is 13.1. The average Bonchev–Trinajstić information content (AvgIpc) is 3.35. The van der Waals surface area contributed by atoms with Crippen LogP contribution < -0.4 is 0 Å². The Bertz CT molecular complexity index is 3010. The summed E-state index contributed by atoms with van der Waals surface area (Å²) in [5.74, 6) is 2.52. The largest absolute Gasteiger partial charge is 0.256 e. The van der Waals surface area contributed by atoms with Crippen LogP contribution in [0.3, 0.4) is 0 Å². The Labute approximate surface area is 348 Å². The quantitative estimate of drug-likeness (QED) is 0.145. The van der Waals surface area contributed by atoms with E-state index in [0.29, 0.717) is 23.3 Å². The van der Waals surface area contributed by atoms with Crippen LogP contribution in [0, 0.1) is 0 Å². The monoisotopic (exact) mass is 768 g/mol. The summed E-state index contributed by atoms with van der Waals surface area (Å²) in [6.07, 6.45) is 1.86. The van der Waals surface area contributed by atoms with Crippen molar-refractivity contribution in [3.63, 3.8) is 0 Å². The van der Waals surface area contributed by atoms with Crippen LogP contribution in [0.4, 0.5) is 0 Å². The fraction of sp³-hybridized carbons (Fsp3) is 0. The van der Waals surface area contributed by atoms with Crippen LogP contribution in [-0.2, 0) is 0 Å². The van der Waals surface area contributed by atoms with Crippen LogP contribution >= 0.6 is 0 Å². The standard InChI is InChI=1S/C54H36N6/c1-5-15-37(16-6-1)38-27-29-39(30-28-38)49-36-50(57-51(56-49)40-17-7-2-8-18-40)46-25-13-23-43(33-46)44-31-32-55-48(35-44)45-24-14-26-47(34-45)54-59-52(41-19-9-3-10-20-41)58-53(60-54)42-21-11-4-12-22-42/h1-36H. The van der Waals surface area contributed by atoms with Crippen molar-refractivity contribution in [2.24, 2.45) is 0 Å². The minimum atomic E-state index is 0.597. The molecule has 0 unspecified atom stereocenters. The van der Waals surface area contributed by atoms with E-state index in [4.69, 9.17) is 29.9 Å². The molecule has 0 spiro atoms. The molecule has 0 saturated heterocycles. The number of hydrogen-bond acceptors (Lipinski definition) is 6. The van der Waals surface area contributed by atoms with Gasteiger partial charge in [-0.25, -0.2) is 24.9 Å². The summed E-state index contributed by atoms with van der Waals surface area (Å²) in [5.41, 5.74) is 13.7. The van der Waals surface area contributed by atoms with Crippen LogP contribution in [0.15, 0.2) is 219 Å². The third kappa shape index (κ3) is 7.73. The van der Waals surface area contributed by atoms with Crippen molar-refractivity contribution in [3.05, 3.63) is 219 Å². The molecule has 0 amide bonds. The maximum atomic E-state index is 5.11. The normalized spacial score (nSPS) is 11.0. The second kappa shape index (κ2) is 16.3. The summed E-state index contributed by atoms with van der Waals surface area (Å²) >= 11 is 0. The fourth-order valence-corrected chi connectivity index (χ4v) is 7.30. The van der Waals surface area contributed by atoms with E-state index in [0.717, 1.165) is 72.7 Å². The molecule has 282 valence electrons. The van der Waals surface area contributed by atoms with E-state index in [1.165, 1.54) is 5.56 Å². The SMILES string of the molecule is c1ccc(-c2ccc(-c3cc(-c4cccc(-c5ccnc(-c6cccc(-c7nc(-c8ccccc8)nc(-c8ccccc8)n7)c6)c5)c4)nc(-c4ccccc4)n3)cc2)cc1. The topological polar surface area (TPSA) is 77.3 Å². The zero-order chi connectivity index (χ0) is 40.1. The van der Waals surface area contributed by atoms with Gasteiger partial charge in [0.05, 0.1) is 17.1 Å². The molecule has 0 fully saturated rings. The van der Waals surface area contributed by atoms with Crippen molar-refractivity contribution >= 4 is 0 Å². The van der Waals surface area contributed by atoms with Crippen molar-refractivity contribution in [3.8, 4) is 102 Å². The highest BCUT2D eigenvalue weighted by Crippen LogP contribution is 2.33. The predicted molar refractivity (Wildman–Crippen MR) is 242 cm³/mol. The first kappa shape index (κ1) is 36.1. The van der Waals surface area contributed by atoms with Crippen LogP contribution in [0.25, 0.3) is 102 Å². The van der Waals surface area contributed by atoms with Gasteiger partial charge in [0.2, 0.25) is 0 Å². The van der Waals surface area contributed by atoms with Crippen LogP contribution in [-0.4, -0.2) is 29.9 Å². The van der Waals surface area contributed by atoms with Gasteiger partial charge >= 0.3 is 0 Å². The maximum absolute atomic E-state index is 5.11. The lowest BCUT2D eigenvalue weighted by Gasteiger charge is -2.12. The van der Waals surface area contributed by atoms with Crippen molar-refractivity contribution < 1.29 is 0 Å². The van der Waals surface area contributed by atoms with Crippen LogP contribution in [0.2, 0.25) is 0 Å². The van der Waals surface area contributed by atoms with E-state index in [1.807, 2.05) is 109 Å². The number of rotatable bonds is 9. The molecule has 3 aromatic heterocycles. The Morgan fingerprint density at radius 3 is 1.13 bits per heavy atom. The molecule has 0 aliphatic rings. The summed E-state index contributed by atoms with van der Waals surface area (Å²) in [6, 6.07) is 72.2. The molecule has 3 heterocycles. The number of pyridine rings is 1. The molecule has 0 radical (unpaired) electrons. The zero-order valence-corrected chi connectivity index (χ0v) is 32.5. The van der Waals surface area contributed by atoms with Gasteiger partial charge in [-0.3, -0.25) is 4.98 Å². The highest BCUT2D eigenvalue weighted by molar-refractivity contribution is 5.79. The summed E-state index contributed by atoms with van der Waals surface area (Å²) in [5, 5.41) is 0. The average molecular weight is 769 g/mol. The highest BCUT2D eigenvalue weighted by Gasteiger charge is 2.15. The van der Waals surface area contributed by atoms with Crippen molar-refractivity contribution in [2.45, 2.75) is 0 Å². The zero-order valence-electron chi connectivity index (χ0n) is 32.5. The van der Waals surface area contributed by atoms with E-state index < -0.39 is 0 Å². The molecule has 0 bridgehead atoms. The van der Waals surface area contributed by atoms with Gasteiger partial charge < -0.3 is 0 Å². The molecule has 60 heavy (non-hydrogen) atoms. The van der Waals surface area contributed by atoms with Gasteiger partial charge in [-0.2, -0.15) is 0 Å². The van der Waals surface area contributed by atoms with Crippen LogP contribution in [0.1, 0.15) is 0 Å². The first-order chi connectivity index (χ1) is 29.7. The van der Waals surface area contributed by atoms with Gasteiger partial charge in [-0.1, -0.05) is 182 Å². The lowest BCUT2D eigenvalue weighted by atomic mass is 9.98. The number of hydrogen-bond donors (Lipinski definition) is 0. The van der Waals surface area contributed by atoms with Crippen LogP contribution in [0.5, 0.6) is 0 Å². The van der Waals surface area contributed by atoms with Gasteiger partial charge in [0, 0.05) is 45.1 Å². The lowest BCUT2D eigenvalue weighted by molar-refractivity contribution is 1.07. The second-order valence-electron chi connectivity index (χ2n) is 14.4. The molecule has 0 saturated carbocycles. The summed E-state index contributed by atoms with van der Waals surface area (Å²) in [6.45, 7) is 0. The molecular weight excluding hydrogens is 733 g/mol. The Morgan fingerprint density at radius 1 is 0.200 bits per heavy atom. The molecule has 6 heteroatoms. The van der Waals surface area contributed by atoms with E-state index in [9.17, 15) is 0 Å². The van der Waals surface area contributed by atoms with E-state index in [1.54, 1.807) is 0 Å². The third-order valence-electron chi connectivity index (χ3n) is 10.4. The summed E-state index contributed by atoms with van der Waals surface area (Å²) in [4.78, 5) is 29.8. The molecular formula is C54H36N6. The van der Waals surface area contributed by atoms with Gasteiger partial charge in [-0.05, 0) is 52.6 Å². The summed E-state index contributed by atoms with van der Waals surface area (Å²) < 4.78 is 0. The minimum absolute atomic E-state index is 0.597. The number of aromatic nitrogens is 6. The van der Waals surface area contributed by atoms with Gasteiger partial charge in [-0.15, -0.1) is 0 Å². The Hall–Kier alpha value is -8.22. The number of benzene rings is 7. The highest BCUT2D eigenvalue weighted by atomic mass is 15.0. The molecule has 0 aliphatic heterocycles. The lowest BCUT2D eigenvalue weighted by Crippen LogP contribution is -2.00. The molecule has 0 N–H and O–H groups in total. The van der Waals surface area contributed by atoms with E-state index in [-0.39, 0.29) is 0 Å². The molecule has 0 atom stereocenters. The van der Waals surface area contributed by atoms with Crippen molar-refractivity contribution in [1.29, 1.82) is 0 Å². The Morgan fingerprint density at radius 2 is 0.567 bits per heavy atom. The van der Waals surface area contributed by atoms with Gasteiger partial charge in [0.25, 0.3) is 0 Å². The van der Waals surface area contributed by atoms with E-state index >= 15 is 0 Å². The minimum Gasteiger partial charge on any atom is -0.256 e. The smallest absolute Gasteiger partial charge is 0.164 e. The Balaban J connectivity index is 0.995.